The Morgan fingerprint density at radius 1 is 0.897 bits per heavy atom. The Bertz CT molecular complexity index is 2130. The molecule has 68 heavy (non-hydrogen) atoms. The number of aliphatic hydroxyl groups is 3. The second-order valence-corrected chi connectivity index (χ2v) is 20.1. The fraction of sp³-hybridized carbons (Fsp3) is 0.698. The minimum absolute atomic E-state index is 0.00932. The number of allylic oxidation sites excluding steroid dienone is 2. The number of esters is 1. The number of nitrogens with zero attached hydrogens (tertiary/aromatic N) is 2. The van der Waals surface area contributed by atoms with Crippen molar-refractivity contribution in [3.63, 3.8) is 0 Å². The lowest BCUT2D eigenvalue weighted by Crippen LogP contribution is -2.64. The van der Waals surface area contributed by atoms with Crippen LogP contribution < -0.4 is 4.74 Å². The number of ether oxygens (including phenoxy) is 6. The third kappa shape index (κ3) is 11.6. The van der Waals surface area contributed by atoms with Gasteiger partial charge in [0, 0.05) is 75.7 Å². The lowest BCUT2D eigenvalue weighted by atomic mass is 9.81. The molecule has 2 bridgehead atoms. The van der Waals surface area contributed by atoms with E-state index in [1.807, 2.05) is 26.8 Å². The molecule has 15 nitrogen and oxygen atoms in total. The van der Waals surface area contributed by atoms with Crippen LogP contribution in [0.15, 0.2) is 53.8 Å². The van der Waals surface area contributed by atoms with Gasteiger partial charge in [0.25, 0.3) is 11.7 Å². The summed E-state index contributed by atoms with van der Waals surface area (Å²) < 4.78 is 39.1. The number of aromatic nitrogens is 1. The maximum Gasteiger partial charge on any atom is 0.329 e. The zero-order chi connectivity index (χ0) is 49.6. The smallest absolute Gasteiger partial charge is 0.329 e. The highest BCUT2D eigenvalue weighted by Gasteiger charge is 2.57. The zero-order valence-corrected chi connectivity index (χ0v) is 41.9. The molecular weight excluding hydrogens is 873 g/mol. The quantitative estimate of drug-likeness (QED) is 0.140. The van der Waals surface area contributed by atoms with Crippen molar-refractivity contribution in [3.05, 3.63) is 53.8 Å². The number of aryl methyl sites for hydroxylation is 1. The molecule has 3 N–H and O–H groups in total. The fourth-order valence-corrected chi connectivity index (χ4v) is 11.1. The van der Waals surface area contributed by atoms with Gasteiger partial charge in [-0.2, -0.15) is 0 Å². The summed E-state index contributed by atoms with van der Waals surface area (Å²) in [5, 5.41) is 36.7. The molecule has 1 aliphatic carbocycles. The number of piperidine rings is 1. The van der Waals surface area contributed by atoms with Gasteiger partial charge in [0.2, 0.25) is 5.79 Å². The van der Waals surface area contributed by atoms with E-state index >= 15 is 0 Å². The number of methoxy groups -OCH3 is 3. The summed E-state index contributed by atoms with van der Waals surface area (Å²) in [4.78, 5) is 58.6. The van der Waals surface area contributed by atoms with Crippen molar-refractivity contribution in [1.29, 1.82) is 0 Å². The van der Waals surface area contributed by atoms with E-state index in [0.29, 0.717) is 43.3 Å². The van der Waals surface area contributed by atoms with E-state index in [9.17, 15) is 34.5 Å². The van der Waals surface area contributed by atoms with Crippen LogP contribution in [0.2, 0.25) is 0 Å². The number of carbonyl (C=O) groups is 4. The topological polar surface area (TPSA) is 193 Å². The Hall–Kier alpha value is -3.96. The van der Waals surface area contributed by atoms with Gasteiger partial charge in [-0.25, -0.2) is 4.79 Å². The molecule has 4 heterocycles. The SMILES string of the molecule is CCC1C=C(C)C(O)C(C)CC(OC)C2OC(O)(C(=O)C(=O)N3CCCCC3C(=O)OC(C(C)=CC3CCC(Oc4ccc5c(ccn5CC)c4)C(OC)C3)C(C)C(O)CC1=O)C(C)CC2OC. The van der Waals surface area contributed by atoms with Gasteiger partial charge in [-0.05, 0) is 126 Å². The van der Waals surface area contributed by atoms with Crippen LogP contribution in [0.4, 0.5) is 0 Å². The van der Waals surface area contributed by atoms with Gasteiger partial charge in [-0.15, -0.1) is 0 Å². The molecule has 0 radical (unpaired) electrons. The molecule has 1 amide bonds. The standard InChI is InChI=1S/C53H78N2O13/c1-11-36-24-30(3)47(58)31(4)25-45(64-9)49-46(65-10)26-33(6)53(62,68-49)50(59)51(60)55-21-14-13-15-40(55)52(61)67-48(34(7)41(56)29-42(36)57)32(5)23-35-16-19-43(44(27-35)63-8)66-38-17-18-39-37(28-38)20-22-54(39)12-2/h17-18,20,22-24,28,31,33-36,40-41,43-49,56,58,62H,11-16,19,21,25-27,29H2,1-10H3. The molecule has 1 aromatic heterocycles. The summed E-state index contributed by atoms with van der Waals surface area (Å²) in [5.41, 5.74) is 2.36. The van der Waals surface area contributed by atoms with E-state index in [0.717, 1.165) is 29.6 Å². The van der Waals surface area contributed by atoms with E-state index in [4.69, 9.17) is 28.4 Å². The number of carbonyl (C=O) groups excluding carboxylic acids is 4. The van der Waals surface area contributed by atoms with Crippen LogP contribution in [0.1, 0.15) is 113 Å². The molecule has 2 aromatic rings. The van der Waals surface area contributed by atoms with Crippen LogP contribution in [0.25, 0.3) is 10.9 Å². The Labute approximate surface area is 402 Å². The van der Waals surface area contributed by atoms with Crippen molar-refractivity contribution in [2.75, 3.05) is 27.9 Å². The number of rotatable bonds is 9. The highest BCUT2D eigenvalue weighted by molar-refractivity contribution is 6.39. The van der Waals surface area contributed by atoms with Gasteiger partial charge in [0.15, 0.2) is 0 Å². The molecule has 1 aromatic carbocycles. The molecular formula is C53H78N2O13. The number of cyclic esters (lactones) is 1. The van der Waals surface area contributed by atoms with E-state index in [2.05, 4.69) is 42.0 Å². The average Bonchev–Trinajstić information content (AvgIpc) is 3.76. The first-order valence-electron chi connectivity index (χ1n) is 24.9. The highest BCUT2D eigenvalue weighted by atomic mass is 16.7. The largest absolute Gasteiger partial charge is 0.488 e. The number of aliphatic hydroxyl groups excluding tert-OH is 2. The predicted molar refractivity (Wildman–Crippen MR) is 255 cm³/mol. The van der Waals surface area contributed by atoms with Crippen LogP contribution in [-0.2, 0) is 49.4 Å². The summed E-state index contributed by atoms with van der Waals surface area (Å²) in [6, 6.07) is 7.02. The zero-order valence-electron chi connectivity index (χ0n) is 41.9. The fourth-order valence-electron chi connectivity index (χ4n) is 11.1. The van der Waals surface area contributed by atoms with Gasteiger partial charge in [-0.1, -0.05) is 39.8 Å². The molecule has 3 fully saturated rings. The molecule has 378 valence electrons. The summed E-state index contributed by atoms with van der Waals surface area (Å²) in [5.74, 6) is -7.80. The van der Waals surface area contributed by atoms with Crippen molar-refractivity contribution in [2.24, 2.45) is 29.6 Å². The Morgan fingerprint density at radius 3 is 2.28 bits per heavy atom. The molecule has 6 rings (SSSR count). The lowest BCUT2D eigenvalue weighted by Gasteiger charge is -2.47. The molecule has 4 aliphatic rings. The maximum atomic E-state index is 14.6. The number of benzene rings is 1. The van der Waals surface area contributed by atoms with Crippen LogP contribution in [0.3, 0.4) is 0 Å². The van der Waals surface area contributed by atoms with Gasteiger partial charge in [0.1, 0.15) is 35.9 Å². The Morgan fingerprint density at radius 2 is 1.60 bits per heavy atom. The normalized spacial score (nSPS) is 36.7. The number of hydrogen-bond acceptors (Lipinski definition) is 13. The monoisotopic (exact) mass is 951 g/mol. The molecule has 3 aliphatic heterocycles. The van der Waals surface area contributed by atoms with Crippen molar-refractivity contribution in [3.8, 4) is 5.75 Å². The second-order valence-electron chi connectivity index (χ2n) is 20.1. The lowest BCUT2D eigenvalue weighted by molar-refractivity contribution is -0.302. The summed E-state index contributed by atoms with van der Waals surface area (Å²) >= 11 is 0. The third-order valence-corrected chi connectivity index (χ3v) is 15.5. The predicted octanol–water partition coefficient (Wildman–Crippen LogP) is 6.51. The molecule has 2 saturated heterocycles. The van der Waals surface area contributed by atoms with Crippen molar-refractivity contribution < 1.29 is 62.9 Å². The highest BCUT2D eigenvalue weighted by Crippen LogP contribution is 2.40. The number of Topliss-reactive ketones (excluding diaryl/α,β-unsaturated/α-hetero) is 2. The molecule has 0 spiro atoms. The minimum atomic E-state index is -2.58. The van der Waals surface area contributed by atoms with Gasteiger partial charge < -0.3 is 53.2 Å². The third-order valence-electron chi connectivity index (χ3n) is 15.5. The Balaban J connectivity index is 1.31. The van der Waals surface area contributed by atoms with Gasteiger partial charge in [-0.3, -0.25) is 14.4 Å². The van der Waals surface area contributed by atoms with Crippen LogP contribution in [0.5, 0.6) is 5.75 Å². The van der Waals surface area contributed by atoms with Crippen molar-refractivity contribution in [2.45, 2.75) is 180 Å². The number of ketones is 2. The first kappa shape index (κ1) is 53.4. The second kappa shape index (κ2) is 23.3. The number of hydrogen-bond donors (Lipinski definition) is 3. The maximum absolute atomic E-state index is 14.6. The van der Waals surface area contributed by atoms with Crippen LogP contribution in [0, 0.1) is 29.6 Å². The minimum Gasteiger partial charge on any atom is -0.488 e. The molecule has 15 heteroatoms. The molecule has 1 saturated carbocycles. The van der Waals surface area contributed by atoms with Crippen LogP contribution in [-0.4, -0.2) is 137 Å². The van der Waals surface area contributed by atoms with Gasteiger partial charge >= 0.3 is 5.97 Å². The van der Waals surface area contributed by atoms with E-state index in [-0.39, 0.29) is 56.1 Å². The van der Waals surface area contributed by atoms with E-state index in [1.165, 1.54) is 19.1 Å². The van der Waals surface area contributed by atoms with Crippen LogP contribution >= 0.6 is 0 Å². The summed E-state index contributed by atoms with van der Waals surface area (Å²) in [6.07, 6.45) is 3.62. The van der Waals surface area contributed by atoms with E-state index < -0.39 is 89.8 Å². The first-order valence-corrected chi connectivity index (χ1v) is 24.9. The van der Waals surface area contributed by atoms with E-state index in [1.54, 1.807) is 34.0 Å². The number of amides is 1. The van der Waals surface area contributed by atoms with Crippen molar-refractivity contribution >= 4 is 34.3 Å². The average molecular weight is 951 g/mol. The first-order chi connectivity index (χ1) is 32.4. The van der Waals surface area contributed by atoms with Gasteiger partial charge in [0.05, 0.1) is 30.5 Å². The summed E-state index contributed by atoms with van der Waals surface area (Å²) in [6.45, 7) is 13.7. The molecule has 15 atom stereocenters. The molecule has 15 unspecified atom stereocenters. The Kier molecular flexibility index (Phi) is 18.3. The summed E-state index contributed by atoms with van der Waals surface area (Å²) in [7, 11) is 4.63. The number of fused-ring (bicyclic) bond motifs is 4. The van der Waals surface area contributed by atoms with Crippen molar-refractivity contribution in [1.82, 2.24) is 9.47 Å².